The molecule has 0 fully saturated rings. The van der Waals surface area contributed by atoms with Crippen molar-refractivity contribution in [3.05, 3.63) is 68.1 Å². The van der Waals surface area contributed by atoms with Crippen LogP contribution in [0.15, 0.2) is 35.1 Å². The number of aromatic nitrogens is 3. The summed E-state index contributed by atoms with van der Waals surface area (Å²) in [4.78, 5) is 23.1. The van der Waals surface area contributed by atoms with E-state index in [1.54, 1.807) is 11.3 Å². The summed E-state index contributed by atoms with van der Waals surface area (Å²) in [5.74, 6) is 0.670. The maximum Gasteiger partial charge on any atom is 0.260 e. The second-order valence-corrected chi connectivity index (χ2v) is 8.80. The predicted octanol–water partition coefficient (Wildman–Crippen LogP) is 5.25. The Labute approximate surface area is 167 Å². The summed E-state index contributed by atoms with van der Waals surface area (Å²) in [6.07, 6.45) is 4.45. The molecule has 5 heteroatoms. The third kappa shape index (κ3) is 2.57. The molecule has 0 spiro atoms. The molecule has 4 nitrogen and oxygen atoms in total. The van der Waals surface area contributed by atoms with Crippen molar-refractivity contribution >= 4 is 21.6 Å². The standard InChI is InChI=1S/C23H23N3OS/c1-13-8-4-6-10-18(13)26-14(2)12-17(15(26)3)21-24-22(27)20-16-9-5-7-11-19(16)28-23(20)25-21/h4,6,8,10,12H,5,7,9,11H2,1-3H3,(H,24,25,27). The van der Waals surface area contributed by atoms with Crippen molar-refractivity contribution in [3.8, 4) is 17.1 Å². The van der Waals surface area contributed by atoms with Gasteiger partial charge in [-0.25, -0.2) is 4.98 Å². The van der Waals surface area contributed by atoms with Gasteiger partial charge in [-0.3, -0.25) is 4.79 Å². The van der Waals surface area contributed by atoms with Crippen LogP contribution in [0.5, 0.6) is 0 Å². The smallest absolute Gasteiger partial charge is 0.260 e. The highest BCUT2D eigenvalue weighted by molar-refractivity contribution is 7.18. The highest BCUT2D eigenvalue weighted by atomic mass is 32.1. The number of aryl methyl sites for hydroxylation is 4. The van der Waals surface area contributed by atoms with Gasteiger partial charge in [0.25, 0.3) is 5.56 Å². The van der Waals surface area contributed by atoms with Crippen LogP contribution in [0.25, 0.3) is 27.3 Å². The van der Waals surface area contributed by atoms with Crippen LogP contribution in [-0.4, -0.2) is 14.5 Å². The second kappa shape index (κ2) is 6.45. The molecule has 0 bridgehead atoms. The fourth-order valence-corrected chi connectivity index (χ4v) is 5.74. The quantitative estimate of drug-likeness (QED) is 0.509. The van der Waals surface area contributed by atoms with Gasteiger partial charge >= 0.3 is 0 Å². The average molecular weight is 390 g/mol. The number of nitrogens with one attached hydrogen (secondary N) is 1. The van der Waals surface area contributed by atoms with Crippen LogP contribution in [0.2, 0.25) is 0 Å². The lowest BCUT2D eigenvalue weighted by Gasteiger charge is -2.12. The molecular formula is C23H23N3OS. The van der Waals surface area contributed by atoms with Crippen LogP contribution in [0.1, 0.15) is 40.2 Å². The molecule has 0 unspecified atom stereocenters. The lowest BCUT2D eigenvalue weighted by molar-refractivity contribution is 0.700. The molecule has 4 aromatic rings. The van der Waals surface area contributed by atoms with E-state index in [0.717, 1.165) is 46.4 Å². The summed E-state index contributed by atoms with van der Waals surface area (Å²) in [6, 6.07) is 10.5. The number of hydrogen-bond donors (Lipinski definition) is 1. The van der Waals surface area contributed by atoms with Crippen molar-refractivity contribution in [2.75, 3.05) is 0 Å². The van der Waals surface area contributed by atoms with Gasteiger partial charge < -0.3 is 9.55 Å². The average Bonchev–Trinajstić information content (AvgIpc) is 3.19. The minimum absolute atomic E-state index is 0.0000877. The van der Waals surface area contributed by atoms with Gasteiger partial charge in [0.2, 0.25) is 0 Å². The number of hydrogen-bond acceptors (Lipinski definition) is 3. The van der Waals surface area contributed by atoms with Gasteiger partial charge in [0, 0.05) is 27.5 Å². The van der Waals surface area contributed by atoms with Crippen molar-refractivity contribution in [1.82, 2.24) is 14.5 Å². The molecule has 3 aromatic heterocycles. The second-order valence-electron chi connectivity index (χ2n) is 7.71. The Kier molecular flexibility index (Phi) is 4.02. The first kappa shape index (κ1) is 17.4. The van der Waals surface area contributed by atoms with Crippen LogP contribution in [0.4, 0.5) is 0 Å². The minimum Gasteiger partial charge on any atom is -0.317 e. The fourth-order valence-electron chi connectivity index (χ4n) is 4.48. The molecule has 1 aromatic carbocycles. The first-order valence-corrected chi connectivity index (χ1v) is 10.7. The molecule has 3 heterocycles. The number of para-hydroxylation sites is 1. The molecule has 0 saturated heterocycles. The number of benzene rings is 1. The number of thiophene rings is 1. The van der Waals surface area contributed by atoms with Crippen molar-refractivity contribution in [2.24, 2.45) is 0 Å². The van der Waals surface area contributed by atoms with Gasteiger partial charge in [-0.2, -0.15) is 0 Å². The fraction of sp³-hybridized carbons (Fsp3) is 0.304. The molecule has 28 heavy (non-hydrogen) atoms. The molecule has 0 amide bonds. The Bertz CT molecular complexity index is 1280. The molecule has 5 rings (SSSR count). The highest BCUT2D eigenvalue weighted by Crippen LogP contribution is 2.35. The third-order valence-corrected chi connectivity index (χ3v) is 7.05. The number of aromatic amines is 1. The normalized spacial score (nSPS) is 13.8. The topological polar surface area (TPSA) is 50.7 Å². The van der Waals surface area contributed by atoms with Gasteiger partial charge in [-0.15, -0.1) is 11.3 Å². The van der Waals surface area contributed by atoms with Crippen LogP contribution >= 0.6 is 11.3 Å². The number of nitrogens with zero attached hydrogens (tertiary/aromatic N) is 2. The van der Waals surface area contributed by atoms with E-state index in [4.69, 9.17) is 4.98 Å². The first-order valence-electron chi connectivity index (χ1n) is 9.84. The summed E-state index contributed by atoms with van der Waals surface area (Å²) in [5, 5.41) is 0.816. The third-order valence-electron chi connectivity index (χ3n) is 5.87. The summed E-state index contributed by atoms with van der Waals surface area (Å²) in [7, 11) is 0. The van der Waals surface area contributed by atoms with Gasteiger partial charge in [0.15, 0.2) is 0 Å². The lowest BCUT2D eigenvalue weighted by Crippen LogP contribution is -2.11. The van der Waals surface area contributed by atoms with Crippen molar-refractivity contribution < 1.29 is 0 Å². The molecule has 0 saturated carbocycles. The SMILES string of the molecule is Cc1ccccc1-n1c(C)cc(-c2nc3sc4c(c3c(=O)[nH]2)CCCC4)c1C. The number of fused-ring (bicyclic) bond motifs is 3. The van der Waals surface area contributed by atoms with E-state index in [9.17, 15) is 4.79 Å². The van der Waals surface area contributed by atoms with Crippen molar-refractivity contribution in [2.45, 2.75) is 46.5 Å². The van der Waals surface area contributed by atoms with E-state index < -0.39 is 0 Å². The zero-order valence-corrected chi connectivity index (χ0v) is 17.2. The minimum atomic E-state index is 0.0000877. The Balaban J connectivity index is 1.70. The zero-order chi connectivity index (χ0) is 19.4. The van der Waals surface area contributed by atoms with E-state index >= 15 is 0 Å². The van der Waals surface area contributed by atoms with Gasteiger partial charge in [0.05, 0.1) is 5.39 Å². The number of rotatable bonds is 2. The molecule has 0 radical (unpaired) electrons. The zero-order valence-electron chi connectivity index (χ0n) is 16.4. The summed E-state index contributed by atoms with van der Waals surface area (Å²) in [6.45, 7) is 6.32. The van der Waals surface area contributed by atoms with E-state index in [-0.39, 0.29) is 5.56 Å². The Morgan fingerprint density at radius 1 is 1.11 bits per heavy atom. The summed E-state index contributed by atoms with van der Waals surface area (Å²) >= 11 is 1.70. The lowest BCUT2D eigenvalue weighted by atomic mass is 9.97. The van der Waals surface area contributed by atoms with E-state index in [1.807, 2.05) is 0 Å². The highest BCUT2D eigenvalue weighted by Gasteiger charge is 2.21. The molecule has 1 N–H and O–H groups in total. The van der Waals surface area contributed by atoms with Gasteiger partial charge in [0.1, 0.15) is 10.7 Å². The van der Waals surface area contributed by atoms with Crippen LogP contribution in [0.3, 0.4) is 0 Å². The molecule has 1 aliphatic carbocycles. The molecule has 142 valence electrons. The first-order chi connectivity index (χ1) is 13.5. The maximum atomic E-state index is 12.9. The Morgan fingerprint density at radius 3 is 2.71 bits per heavy atom. The van der Waals surface area contributed by atoms with E-state index in [1.165, 1.54) is 28.1 Å². The van der Waals surface area contributed by atoms with Crippen LogP contribution in [-0.2, 0) is 12.8 Å². The van der Waals surface area contributed by atoms with Crippen LogP contribution < -0.4 is 5.56 Å². The molecule has 0 aliphatic heterocycles. The molecule has 0 atom stereocenters. The van der Waals surface area contributed by atoms with E-state index in [0.29, 0.717) is 5.82 Å². The monoisotopic (exact) mass is 389 g/mol. The Morgan fingerprint density at radius 2 is 1.89 bits per heavy atom. The maximum absolute atomic E-state index is 12.9. The van der Waals surface area contributed by atoms with Crippen molar-refractivity contribution in [1.29, 1.82) is 0 Å². The van der Waals surface area contributed by atoms with Crippen LogP contribution in [0, 0.1) is 20.8 Å². The number of H-pyrrole nitrogens is 1. The summed E-state index contributed by atoms with van der Waals surface area (Å²) in [5.41, 5.74) is 6.84. The Hall–Kier alpha value is -2.66. The molecule has 1 aliphatic rings. The summed E-state index contributed by atoms with van der Waals surface area (Å²) < 4.78 is 2.24. The van der Waals surface area contributed by atoms with Gasteiger partial charge in [-0.05, 0) is 69.7 Å². The van der Waals surface area contributed by atoms with Gasteiger partial charge in [-0.1, -0.05) is 18.2 Å². The predicted molar refractivity (Wildman–Crippen MR) is 116 cm³/mol. The van der Waals surface area contributed by atoms with E-state index in [2.05, 4.69) is 60.7 Å². The molecular weight excluding hydrogens is 366 g/mol. The van der Waals surface area contributed by atoms with Crippen molar-refractivity contribution in [3.63, 3.8) is 0 Å². The largest absolute Gasteiger partial charge is 0.317 e.